The lowest BCUT2D eigenvalue weighted by Crippen LogP contribution is -2.18. The average molecular weight is 395 g/mol. The number of carbonyl (C=O) groups excluding carboxylic acids is 2. The summed E-state index contributed by atoms with van der Waals surface area (Å²) in [6.45, 7) is 0. The van der Waals surface area contributed by atoms with Gasteiger partial charge in [-0.2, -0.15) is 0 Å². The van der Waals surface area contributed by atoms with Crippen LogP contribution in [0.3, 0.4) is 0 Å². The first kappa shape index (κ1) is 18.3. The SMILES string of the molecule is O=C(Nc1sc2c(c1C(=O)Nc1cccnc1)CCCC2)c1ccc(F)cc1. The summed E-state index contributed by atoms with van der Waals surface area (Å²) in [6.07, 6.45) is 7.02. The Balaban J connectivity index is 1.65. The molecule has 0 radical (unpaired) electrons. The number of carbonyl (C=O) groups is 2. The average Bonchev–Trinajstić information content (AvgIpc) is 3.07. The highest BCUT2D eigenvalue weighted by Gasteiger charge is 2.26. The number of fused-ring (bicyclic) bond motifs is 1. The second kappa shape index (κ2) is 7.90. The van der Waals surface area contributed by atoms with Crippen LogP contribution in [0.25, 0.3) is 0 Å². The summed E-state index contributed by atoms with van der Waals surface area (Å²) in [7, 11) is 0. The molecular weight excluding hydrogens is 377 g/mol. The zero-order valence-corrected chi connectivity index (χ0v) is 15.8. The van der Waals surface area contributed by atoms with Crippen LogP contribution in [-0.2, 0) is 12.8 Å². The molecule has 1 aromatic carbocycles. The molecule has 0 saturated carbocycles. The van der Waals surface area contributed by atoms with Gasteiger partial charge in [0.05, 0.1) is 17.4 Å². The van der Waals surface area contributed by atoms with E-state index in [1.807, 2.05) is 0 Å². The summed E-state index contributed by atoms with van der Waals surface area (Å²) in [6, 6.07) is 8.84. The van der Waals surface area contributed by atoms with Gasteiger partial charge in [0.2, 0.25) is 0 Å². The van der Waals surface area contributed by atoms with Gasteiger partial charge in [-0.15, -0.1) is 11.3 Å². The number of aryl methyl sites for hydroxylation is 1. The van der Waals surface area contributed by atoms with Gasteiger partial charge in [-0.05, 0) is 67.6 Å². The minimum atomic E-state index is -0.403. The first-order chi connectivity index (χ1) is 13.6. The first-order valence-corrected chi connectivity index (χ1v) is 9.86. The van der Waals surface area contributed by atoms with E-state index in [4.69, 9.17) is 0 Å². The third kappa shape index (κ3) is 3.80. The number of benzene rings is 1. The zero-order valence-electron chi connectivity index (χ0n) is 15.0. The maximum Gasteiger partial charge on any atom is 0.259 e. The van der Waals surface area contributed by atoms with Crippen molar-refractivity contribution in [1.82, 2.24) is 4.98 Å². The van der Waals surface area contributed by atoms with Gasteiger partial charge in [0, 0.05) is 16.6 Å². The van der Waals surface area contributed by atoms with E-state index in [9.17, 15) is 14.0 Å². The molecule has 0 saturated heterocycles. The largest absolute Gasteiger partial charge is 0.320 e. The van der Waals surface area contributed by atoms with Gasteiger partial charge in [0.1, 0.15) is 10.8 Å². The van der Waals surface area contributed by atoms with Crippen molar-refractivity contribution in [2.24, 2.45) is 0 Å². The molecule has 7 heteroatoms. The second-order valence-electron chi connectivity index (χ2n) is 6.57. The van der Waals surface area contributed by atoms with E-state index in [-0.39, 0.29) is 11.8 Å². The normalized spacial score (nSPS) is 12.9. The topological polar surface area (TPSA) is 71.1 Å². The highest BCUT2D eigenvalue weighted by molar-refractivity contribution is 7.17. The monoisotopic (exact) mass is 395 g/mol. The van der Waals surface area contributed by atoms with E-state index in [1.54, 1.807) is 24.5 Å². The Morgan fingerprint density at radius 2 is 1.79 bits per heavy atom. The van der Waals surface area contributed by atoms with Gasteiger partial charge in [-0.25, -0.2) is 4.39 Å². The van der Waals surface area contributed by atoms with Crippen molar-refractivity contribution >= 4 is 33.8 Å². The highest BCUT2D eigenvalue weighted by Crippen LogP contribution is 2.38. The van der Waals surface area contributed by atoms with Crippen LogP contribution in [-0.4, -0.2) is 16.8 Å². The van der Waals surface area contributed by atoms with Crippen molar-refractivity contribution in [2.45, 2.75) is 25.7 Å². The Morgan fingerprint density at radius 3 is 2.54 bits per heavy atom. The van der Waals surface area contributed by atoms with Gasteiger partial charge in [-0.3, -0.25) is 14.6 Å². The number of hydrogen-bond donors (Lipinski definition) is 2. The van der Waals surface area contributed by atoms with Crippen molar-refractivity contribution in [3.63, 3.8) is 0 Å². The molecule has 0 fully saturated rings. The minimum absolute atomic E-state index is 0.262. The van der Waals surface area contributed by atoms with Gasteiger partial charge in [0.25, 0.3) is 11.8 Å². The lowest BCUT2D eigenvalue weighted by molar-refractivity contribution is 0.102. The number of rotatable bonds is 4. The molecule has 3 aromatic rings. The van der Waals surface area contributed by atoms with Crippen LogP contribution in [0, 0.1) is 5.82 Å². The number of thiophene rings is 1. The van der Waals surface area contributed by atoms with Crippen molar-refractivity contribution in [3.8, 4) is 0 Å². The van der Waals surface area contributed by atoms with Crippen molar-refractivity contribution < 1.29 is 14.0 Å². The smallest absolute Gasteiger partial charge is 0.259 e. The van der Waals surface area contributed by atoms with E-state index in [0.29, 0.717) is 21.8 Å². The van der Waals surface area contributed by atoms with Gasteiger partial charge in [-0.1, -0.05) is 0 Å². The molecule has 28 heavy (non-hydrogen) atoms. The molecular formula is C21H18FN3O2S. The van der Waals surface area contributed by atoms with Crippen molar-refractivity contribution in [1.29, 1.82) is 0 Å². The molecule has 0 spiro atoms. The fourth-order valence-electron chi connectivity index (χ4n) is 3.30. The van der Waals surface area contributed by atoms with Crippen LogP contribution in [0.1, 0.15) is 44.0 Å². The third-order valence-corrected chi connectivity index (χ3v) is 5.86. The van der Waals surface area contributed by atoms with Crippen LogP contribution in [0.4, 0.5) is 15.1 Å². The van der Waals surface area contributed by atoms with E-state index in [2.05, 4.69) is 15.6 Å². The summed E-state index contributed by atoms with van der Waals surface area (Å²) in [5, 5.41) is 6.24. The summed E-state index contributed by atoms with van der Waals surface area (Å²) < 4.78 is 13.1. The molecule has 0 atom stereocenters. The van der Waals surface area contributed by atoms with E-state index in [1.165, 1.54) is 35.6 Å². The second-order valence-corrected chi connectivity index (χ2v) is 7.68. The number of pyridine rings is 1. The van der Waals surface area contributed by atoms with Gasteiger partial charge >= 0.3 is 0 Å². The number of nitrogens with one attached hydrogen (secondary N) is 2. The van der Waals surface area contributed by atoms with Crippen LogP contribution in [0.15, 0.2) is 48.8 Å². The molecule has 1 aliphatic carbocycles. The standard InChI is InChI=1S/C21H18FN3O2S/c22-14-9-7-13(8-10-14)19(26)25-21-18(16-5-1-2-6-17(16)28-21)20(27)24-15-4-3-11-23-12-15/h3-4,7-12H,1-2,5-6H2,(H,24,27)(H,25,26). The Hall–Kier alpha value is -3.06. The predicted octanol–water partition coefficient (Wildman–Crippen LogP) is 4.67. The third-order valence-electron chi connectivity index (χ3n) is 4.65. The van der Waals surface area contributed by atoms with Crippen LogP contribution >= 0.6 is 11.3 Å². The van der Waals surface area contributed by atoms with E-state index < -0.39 is 5.82 Å². The van der Waals surface area contributed by atoms with Gasteiger partial charge in [0.15, 0.2) is 0 Å². The summed E-state index contributed by atoms with van der Waals surface area (Å²) in [5.41, 5.74) is 2.46. The molecule has 2 amide bonds. The maximum atomic E-state index is 13.1. The molecule has 0 bridgehead atoms. The number of aromatic nitrogens is 1. The number of halogens is 1. The van der Waals surface area contributed by atoms with Crippen molar-refractivity contribution in [2.75, 3.05) is 10.6 Å². The summed E-state index contributed by atoms with van der Waals surface area (Å²) >= 11 is 1.44. The molecule has 2 N–H and O–H groups in total. The predicted molar refractivity (Wildman–Crippen MR) is 108 cm³/mol. The molecule has 2 heterocycles. The van der Waals surface area contributed by atoms with Crippen LogP contribution in [0.2, 0.25) is 0 Å². The van der Waals surface area contributed by atoms with Gasteiger partial charge < -0.3 is 10.6 Å². The van der Waals surface area contributed by atoms with Crippen LogP contribution < -0.4 is 10.6 Å². The maximum absolute atomic E-state index is 13.1. The Labute approximate surface area is 165 Å². The molecule has 2 aromatic heterocycles. The van der Waals surface area contributed by atoms with Crippen LogP contribution in [0.5, 0.6) is 0 Å². The molecule has 142 valence electrons. The molecule has 4 rings (SSSR count). The Morgan fingerprint density at radius 1 is 1.00 bits per heavy atom. The number of amides is 2. The van der Waals surface area contributed by atoms with E-state index >= 15 is 0 Å². The summed E-state index contributed by atoms with van der Waals surface area (Å²) in [5.74, 6) is -1.03. The quantitative estimate of drug-likeness (QED) is 0.675. The Kier molecular flexibility index (Phi) is 5.16. The first-order valence-electron chi connectivity index (χ1n) is 9.04. The van der Waals surface area contributed by atoms with E-state index in [0.717, 1.165) is 36.1 Å². The molecule has 5 nitrogen and oxygen atoms in total. The molecule has 1 aliphatic rings. The Bertz CT molecular complexity index is 1020. The minimum Gasteiger partial charge on any atom is -0.320 e. The lowest BCUT2D eigenvalue weighted by atomic mass is 9.95. The lowest BCUT2D eigenvalue weighted by Gasteiger charge is -2.13. The molecule has 0 unspecified atom stereocenters. The van der Waals surface area contributed by atoms with Crippen molar-refractivity contribution in [3.05, 3.63) is 76.2 Å². The highest BCUT2D eigenvalue weighted by atomic mass is 32.1. The summed E-state index contributed by atoms with van der Waals surface area (Å²) in [4.78, 5) is 30.7. The molecule has 0 aliphatic heterocycles. The fourth-order valence-corrected chi connectivity index (χ4v) is 4.58. The number of hydrogen-bond acceptors (Lipinski definition) is 4. The fraction of sp³-hybridized carbons (Fsp3) is 0.190. The number of nitrogens with zero attached hydrogens (tertiary/aromatic N) is 1. The zero-order chi connectivity index (χ0) is 19.5. The number of anilines is 2.